The molecular formula is C13H23NO2S. The van der Waals surface area contributed by atoms with E-state index in [1.165, 1.54) is 38.5 Å². The lowest BCUT2D eigenvalue weighted by molar-refractivity contribution is -0.145. The standard InChI is InChI=1S/C13H23NO2S/c1-2-16-13(15)12(14-10-7-8-10)9-17-11-5-3-4-6-11/h10-12,14H,2-9H2,1H3. The molecule has 3 nitrogen and oxygen atoms in total. The van der Waals surface area contributed by atoms with Gasteiger partial charge in [0.25, 0.3) is 0 Å². The van der Waals surface area contributed by atoms with Crippen LogP contribution in [0.2, 0.25) is 0 Å². The van der Waals surface area contributed by atoms with Crippen molar-refractivity contribution in [1.82, 2.24) is 5.32 Å². The van der Waals surface area contributed by atoms with Crippen LogP contribution in [0.15, 0.2) is 0 Å². The van der Waals surface area contributed by atoms with Gasteiger partial charge < -0.3 is 10.1 Å². The Hall–Kier alpha value is -0.220. The minimum atomic E-state index is -0.0898. The van der Waals surface area contributed by atoms with Crippen molar-refractivity contribution in [2.45, 2.75) is 62.8 Å². The van der Waals surface area contributed by atoms with E-state index in [1.54, 1.807) is 0 Å². The van der Waals surface area contributed by atoms with Gasteiger partial charge in [-0.15, -0.1) is 0 Å². The lowest BCUT2D eigenvalue weighted by Gasteiger charge is -2.18. The highest BCUT2D eigenvalue weighted by molar-refractivity contribution is 8.00. The Balaban J connectivity index is 1.74. The average molecular weight is 257 g/mol. The summed E-state index contributed by atoms with van der Waals surface area (Å²) in [5, 5.41) is 4.18. The number of nitrogens with one attached hydrogen (secondary N) is 1. The second-order valence-corrected chi connectivity index (χ2v) is 6.32. The summed E-state index contributed by atoms with van der Waals surface area (Å²) >= 11 is 1.95. The number of hydrogen-bond acceptors (Lipinski definition) is 4. The zero-order valence-electron chi connectivity index (χ0n) is 10.6. The lowest BCUT2D eigenvalue weighted by Crippen LogP contribution is -2.41. The zero-order chi connectivity index (χ0) is 12.1. The van der Waals surface area contributed by atoms with Gasteiger partial charge in [-0.25, -0.2) is 0 Å². The van der Waals surface area contributed by atoms with Crippen molar-refractivity contribution in [3.8, 4) is 0 Å². The maximum atomic E-state index is 11.8. The van der Waals surface area contributed by atoms with E-state index < -0.39 is 0 Å². The van der Waals surface area contributed by atoms with Crippen molar-refractivity contribution in [2.75, 3.05) is 12.4 Å². The van der Waals surface area contributed by atoms with Crippen LogP contribution >= 0.6 is 11.8 Å². The minimum Gasteiger partial charge on any atom is -0.465 e. The highest BCUT2D eigenvalue weighted by Crippen LogP contribution is 2.30. The lowest BCUT2D eigenvalue weighted by atomic mass is 10.3. The molecule has 0 aromatic heterocycles. The molecule has 0 radical (unpaired) electrons. The van der Waals surface area contributed by atoms with Crippen molar-refractivity contribution < 1.29 is 9.53 Å². The summed E-state index contributed by atoms with van der Waals surface area (Å²) in [5.74, 6) is 0.810. The number of thioether (sulfide) groups is 1. The van der Waals surface area contributed by atoms with Gasteiger partial charge in [-0.05, 0) is 32.6 Å². The van der Waals surface area contributed by atoms with Crippen molar-refractivity contribution in [1.29, 1.82) is 0 Å². The fourth-order valence-electron chi connectivity index (χ4n) is 2.25. The molecule has 0 spiro atoms. The van der Waals surface area contributed by atoms with Crippen LogP contribution in [0.4, 0.5) is 0 Å². The van der Waals surface area contributed by atoms with Gasteiger partial charge in [0, 0.05) is 17.0 Å². The maximum absolute atomic E-state index is 11.8. The van der Waals surface area contributed by atoms with Gasteiger partial charge in [0.2, 0.25) is 0 Å². The van der Waals surface area contributed by atoms with Crippen LogP contribution in [-0.2, 0) is 9.53 Å². The molecule has 2 fully saturated rings. The monoisotopic (exact) mass is 257 g/mol. The SMILES string of the molecule is CCOC(=O)C(CSC1CCCC1)NC1CC1. The Morgan fingerprint density at radius 3 is 2.65 bits per heavy atom. The first-order valence-corrected chi connectivity index (χ1v) is 7.88. The minimum absolute atomic E-state index is 0.0649. The number of ether oxygens (including phenoxy) is 1. The summed E-state index contributed by atoms with van der Waals surface area (Å²) in [5.41, 5.74) is 0. The van der Waals surface area contributed by atoms with Gasteiger partial charge in [0.05, 0.1) is 6.61 Å². The number of esters is 1. The van der Waals surface area contributed by atoms with Gasteiger partial charge in [0.15, 0.2) is 0 Å². The highest BCUT2D eigenvalue weighted by Gasteiger charge is 2.30. The van der Waals surface area contributed by atoms with Crippen LogP contribution in [0.5, 0.6) is 0 Å². The van der Waals surface area contributed by atoms with E-state index in [1.807, 2.05) is 18.7 Å². The molecule has 2 rings (SSSR count). The third kappa shape index (κ3) is 4.51. The van der Waals surface area contributed by atoms with Crippen molar-refractivity contribution in [3.05, 3.63) is 0 Å². The number of rotatable bonds is 7. The average Bonchev–Trinajstić information content (AvgIpc) is 2.98. The molecule has 2 saturated carbocycles. The Morgan fingerprint density at radius 2 is 2.06 bits per heavy atom. The van der Waals surface area contributed by atoms with Gasteiger partial charge in [-0.2, -0.15) is 11.8 Å². The molecule has 0 aromatic carbocycles. The maximum Gasteiger partial charge on any atom is 0.323 e. The second kappa shape index (κ2) is 6.64. The Morgan fingerprint density at radius 1 is 1.35 bits per heavy atom. The van der Waals surface area contributed by atoms with Gasteiger partial charge >= 0.3 is 5.97 Å². The summed E-state index contributed by atoms with van der Waals surface area (Å²) in [4.78, 5) is 11.8. The third-order valence-corrected chi connectivity index (χ3v) is 4.85. The number of hydrogen-bond donors (Lipinski definition) is 1. The van der Waals surface area contributed by atoms with Crippen LogP contribution in [0, 0.1) is 0 Å². The predicted molar refractivity (Wildman–Crippen MR) is 71.3 cm³/mol. The van der Waals surface area contributed by atoms with Crippen LogP contribution in [0.3, 0.4) is 0 Å². The smallest absolute Gasteiger partial charge is 0.323 e. The zero-order valence-corrected chi connectivity index (χ0v) is 11.4. The quantitative estimate of drug-likeness (QED) is 0.711. The topological polar surface area (TPSA) is 38.3 Å². The summed E-state index contributed by atoms with van der Waals surface area (Å²) < 4.78 is 5.13. The Bertz CT molecular complexity index is 250. The molecule has 2 aliphatic rings. The molecule has 0 aliphatic heterocycles. The fourth-order valence-corrected chi connectivity index (χ4v) is 3.61. The fraction of sp³-hybridized carbons (Fsp3) is 0.923. The van der Waals surface area contributed by atoms with E-state index in [9.17, 15) is 4.79 Å². The van der Waals surface area contributed by atoms with Crippen LogP contribution in [0.1, 0.15) is 45.4 Å². The molecule has 1 atom stereocenters. The van der Waals surface area contributed by atoms with Crippen molar-refractivity contribution in [2.24, 2.45) is 0 Å². The highest BCUT2D eigenvalue weighted by atomic mass is 32.2. The largest absolute Gasteiger partial charge is 0.465 e. The van der Waals surface area contributed by atoms with E-state index in [4.69, 9.17) is 4.74 Å². The first-order chi connectivity index (χ1) is 8.29. The summed E-state index contributed by atoms with van der Waals surface area (Å²) in [7, 11) is 0. The number of carbonyl (C=O) groups is 1. The molecule has 1 N–H and O–H groups in total. The van der Waals surface area contributed by atoms with E-state index in [2.05, 4.69) is 5.32 Å². The molecule has 2 aliphatic carbocycles. The van der Waals surface area contributed by atoms with Crippen LogP contribution < -0.4 is 5.32 Å². The summed E-state index contributed by atoms with van der Waals surface area (Å²) in [6.07, 6.45) is 7.79. The Kier molecular flexibility index (Phi) is 5.16. The molecular weight excluding hydrogens is 234 g/mol. The van der Waals surface area contributed by atoms with E-state index in [0.29, 0.717) is 12.6 Å². The van der Waals surface area contributed by atoms with E-state index in [-0.39, 0.29) is 12.0 Å². The van der Waals surface area contributed by atoms with E-state index >= 15 is 0 Å². The summed E-state index contributed by atoms with van der Waals surface area (Å²) in [6, 6.07) is 0.474. The summed E-state index contributed by atoms with van der Waals surface area (Å²) in [6.45, 7) is 2.35. The van der Waals surface area contributed by atoms with Crippen molar-refractivity contribution >= 4 is 17.7 Å². The van der Waals surface area contributed by atoms with Gasteiger partial charge in [-0.1, -0.05) is 12.8 Å². The molecule has 0 saturated heterocycles. The molecule has 0 amide bonds. The molecule has 1 unspecified atom stereocenters. The first-order valence-electron chi connectivity index (χ1n) is 6.84. The van der Waals surface area contributed by atoms with Gasteiger partial charge in [-0.3, -0.25) is 4.79 Å². The third-order valence-electron chi connectivity index (χ3n) is 3.39. The van der Waals surface area contributed by atoms with Crippen molar-refractivity contribution in [3.63, 3.8) is 0 Å². The molecule has 0 heterocycles. The number of carbonyl (C=O) groups excluding carboxylic acids is 1. The van der Waals surface area contributed by atoms with Crippen LogP contribution in [0.25, 0.3) is 0 Å². The molecule has 0 aromatic rings. The second-order valence-electron chi connectivity index (χ2n) is 4.99. The molecule has 98 valence electrons. The van der Waals surface area contributed by atoms with E-state index in [0.717, 1.165) is 11.0 Å². The molecule has 4 heteroatoms. The normalized spacial score (nSPS) is 22.6. The molecule has 0 bridgehead atoms. The molecule has 17 heavy (non-hydrogen) atoms. The van der Waals surface area contributed by atoms with Crippen LogP contribution in [-0.4, -0.2) is 35.7 Å². The Labute approximate surface area is 108 Å². The van der Waals surface area contributed by atoms with Gasteiger partial charge in [0.1, 0.15) is 6.04 Å². The first kappa shape index (κ1) is 13.2. The predicted octanol–water partition coefficient (Wildman–Crippen LogP) is 2.35.